The Morgan fingerprint density at radius 3 is 2.35 bits per heavy atom. The first-order valence-corrected chi connectivity index (χ1v) is 5.51. The van der Waals surface area contributed by atoms with Gasteiger partial charge < -0.3 is 14.4 Å². The number of carbonyl (C=O) groups is 3. The smallest absolute Gasteiger partial charge is 0.329 e. The van der Waals surface area contributed by atoms with Crippen LogP contribution in [-0.2, 0) is 23.9 Å². The van der Waals surface area contributed by atoms with E-state index in [0.29, 0.717) is 6.42 Å². The number of amides is 1. The van der Waals surface area contributed by atoms with Crippen LogP contribution in [0.25, 0.3) is 0 Å². The molecular formula is C11H15NO5. The highest BCUT2D eigenvalue weighted by Crippen LogP contribution is 2.48. The zero-order valence-corrected chi connectivity index (χ0v) is 10.0. The Morgan fingerprint density at radius 2 is 1.88 bits per heavy atom. The van der Waals surface area contributed by atoms with Crippen LogP contribution in [-0.4, -0.2) is 48.0 Å². The average molecular weight is 241 g/mol. The summed E-state index contributed by atoms with van der Waals surface area (Å²) in [4.78, 5) is 35.6. The number of methoxy groups -OCH3 is 1. The van der Waals surface area contributed by atoms with E-state index in [1.807, 2.05) is 0 Å². The minimum absolute atomic E-state index is 0.125. The first-order valence-electron chi connectivity index (χ1n) is 5.51. The monoisotopic (exact) mass is 241 g/mol. The lowest BCUT2D eigenvalue weighted by molar-refractivity contribution is -0.157. The molecule has 1 saturated carbocycles. The molecule has 2 heterocycles. The van der Waals surface area contributed by atoms with Gasteiger partial charge in [0, 0.05) is 19.8 Å². The summed E-state index contributed by atoms with van der Waals surface area (Å²) in [5.74, 6) is -1.15. The molecule has 0 aromatic heterocycles. The molecule has 1 aliphatic carbocycles. The fraction of sp³-hybridized carbons (Fsp3) is 0.727. The summed E-state index contributed by atoms with van der Waals surface area (Å²) < 4.78 is 9.83. The Labute approximate surface area is 98.8 Å². The molecule has 3 fully saturated rings. The molecule has 94 valence electrons. The molecule has 0 unspecified atom stereocenters. The summed E-state index contributed by atoms with van der Waals surface area (Å²) in [6.07, 6.45) is 0.331. The van der Waals surface area contributed by atoms with E-state index in [0.717, 1.165) is 0 Å². The van der Waals surface area contributed by atoms with E-state index >= 15 is 0 Å². The van der Waals surface area contributed by atoms with Crippen molar-refractivity contribution in [3.63, 3.8) is 0 Å². The van der Waals surface area contributed by atoms with E-state index < -0.39 is 18.0 Å². The van der Waals surface area contributed by atoms with Crippen molar-refractivity contribution in [2.24, 2.45) is 5.92 Å². The maximum absolute atomic E-state index is 11.6. The van der Waals surface area contributed by atoms with Crippen molar-refractivity contribution in [3.8, 4) is 0 Å². The highest BCUT2D eigenvalue weighted by atomic mass is 16.6. The molecule has 3 rings (SSSR count). The van der Waals surface area contributed by atoms with Crippen molar-refractivity contribution in [2.75, 3.05) is 7.11 Å². The van der Waals surface area contributed by atoms with Crippen molar-refractivity contribution in [3.05, 3.63) is 0 Å². The van der Waals surface area contributed by atoms with Gasteiger partial charge in [-0.3, -0.25) is 9.59 Å². The molecule has 0 N–H and O–H groups in total. The van der Waals surface area contributed by atoms with Crippen LogP contribution in [0.2, 0.25) is 0 Å². The standard InChI is InChI=1S/C11H15NO5/c1-5(13)12-8-4-7(9(12)11(15)16-3)10(8)17-6(2)14/h7-10H,4H2,1-3H3/t7-,8-,9-,10-/m1/s1. The van der Waals surface area contributed by atoms with Crippen molar-refractivity contribution in [1.29, 1.82) is 0 Å². The van der Waals surface area contributed by atoms with E-state index in [-0.39, 0.29) is 24.0 Å². The van der Waals surface area contributed by atoms with Crippen LogP contribution in [0.15, 0.2) is 0 Å². The second kappa shape index (κ2) is 4.01. The van der Waals surface area contributed by atoms with E-state index in [2.05, 4.69) is 0 Å². The lowest BCUT2D eigenvalue weighted by Gasteiger charge is -2.34. The van der Waals surface area contributed by atoms with Crippen LogP contribution >= 0.6 is 0 Å². The van der Waals surface area contributed by atoms with Crippen molar-refractivity contribution < 1.29 is 23.9 Å². The first kappa shape index (κ1) is 11.9. The van der Waals surface area contributed by atoms with Crippen LogP contribution in [0.1, 0.15) is 20.3 Å². The van der Waals surface area contributed by atoms with Gasteiger partial charge in [-0.15, -0.1) is 0 Å². The predicted octanol–water partition coefficient (Wildman–Crippen LogP) is -0.290. The van der Waals surface area contributed by atoms with E-state index in [1.54, 1.807) is 0 Å². The summed E-state index contributed by atoms with van der Waals surface area (Å²) >= 11 is 0. The van der Waals surface area contributed by atoms with E-state index in [4.69, 9.17) is 9.47 Å². The fourth-order valence-electron chi connectivity index (χ4n) is 2.83. The summed E-state index contributed by atoms with van der Waals surface area (Å²) in [5.41, 5.74) is 0. The van der Waals surface area contributed by atoms with Crippen LogP contribution in [0.3, 0.4) is 0 Å². The van der Waals surface area contributed by atoms with Crippen LogP contribution in [0, 0.1) is 5.92 Å². The van der Waals surface area contributed by atoms with Crippen molar-refractivity contribution >= 4 is 17.8 Å². The number of ether oxygens (including phenoxy) is 2. The molecule has 6 heteroatoms. The van der Waals surface area contributed by atoms with E-state index in [9.17, 15) is 14.4 Å². The molecule has 0 radical (unpaired) electrons. The zero-order chi connectivity index (χ0) is 12.7. The van der Waals surface area contributed by atoms with Gasteiger partial charge in [0.15, 0.2) is 0 Å². The summed E-state index contributed by atoms with van der Waals surface area (Å²) in [5, 5.41) is 0. The summed E-state index contributed by atoms with van der Waals surface area (Å²) in [6.45, 7) is 2.73. The molecule has 2 bridgehead atoms. The van der Waals surface area contributed by atoms with Gasteiger partial charge in [0.1, 0.15) is 12.1 Å². The third-order valence-corrected chi connectivity index (χ3v) is 3.49. The lowest BCUT2D eigenvalue weighted by atomic mass is 9.79. The molecular weight excluding hydrogens is 226 g/mol. The first-order chi connectivity index (χ1) is 7.97. The van der Waals surface area contributed by atoms with Crippen LogP contribution < -0.4 is 0 Å². The molecule has 1 amide bonds. The second-order valence-corrected chi connectivity index (χ2v) is 4.44. The number of nitrogens with zero attached hydrogens (tertiary/aromatic N) is 1. The molecule has 4 atom stereocenters. The molecule has 0 spiro atoms. The largest absolute Gasteiger partial charge is 0.467 e. The Hall–Kier alpha value is -1.59. The highest BCUT2D eigenvalue weighted by Gasteiger charge is 2.64. The number of esters is 2. The highest BCUT2D eigenvalue weighted by molar-refractivity contribution is 5.86. The molecule has 3 aliphatic rings. The van der Waals surface area contributed by atoms with Gasteiger partial charge in [0.05, 0.1) is 13.2 Å². The summed E-state index contributed by atoms with van der Waals surface area (Å²) in [7, 11) is 1.29. The summed E-state index contributed by atoms with van der Waals surface area (Å²) in [6, 6.07) is -0.780. The van der Waals surface area contributed by atoms with Gasteiger partial charge in [-0.1, -0.05) is 0 Å². The van der Waals surface area contributed by atoms with Gasteiger partial charge in [-0.2, -0.15) is 0 Å². The van der Waals surface area contributed by atoms with Crippen molar-refractivity contribution in [1.82, 2.24) is 4.90 Å². The fourth-order valence-corrected chi connectivity index (χ4v) is 2.83. The topological polar surface area (TPSA) is 72.9 Å². The molecule has 2 aliphatic heterocycles. The SMILES string of the molecule is COC(=O)[C@H]1[C@H]2C[C@H]([C@@H]2OC(C)=O)N1C(C)=O. The number of carbonyl (C=O) groups excluding carboxylic acids is 3. The maximum Gasteiger partial charge on any atom is 0.329 e. The molecule has 6 nitrogen and oxygen atoms in total. The third-order valence-electron chi connectivity index (χ3n) is 3.49. The quantitative estimate of drug-likeness (QED) is 0.621. The van der Waals surface area contributed by atoms with Gasteiger partial charge in [0.25, 0.3) is 0 Å². The number of hydrogen-bond donors (Lipinski definition) is 0. The van der Waals surface area contributed by atoms with E-state index in [1.165, 1.54) is 25.9 Å². The van der Waals surface area contributed by atoms with Crippen molar-refractivity contribution in [2.45, 2.75) is 38.5 Å². The van der Waals surface area contributed by atoms with Crippen LogP contribution in [0.5, 0.6) is 0 Å². The maximum atomic E-state index is 11.6. The molecule has 0 aromatic carbocycles. The van der Waals surface area contributed by atoms with Gasteiger partial charge in [0.2, 0.25) is 5.91 Å². The molecule has 0 aromatic rings. The molecule has 17 heavy (non-hydrogen) atoms. The Morgan fingerprint density at radius 1 is 1.24 bits per heavy atom. The Bertz CT molecular complexity index is 380. The zero-order valence-electron chi connectivity index (χ0n) is 10.0. The second-order valence-electron chi connectivity index (χ2n) is 4.44. The minimum atomic E-state index is -0.605. The predicted molar refractivity (Wildman–Crippen MR) is 55.8 cm³/mol. The number of rotatable bonds is 2. The Kier molecular flexibility index (Phi) is 2.81. The normalized spacial score (nSPS) is 33.9. The average Bonchev–Trinajstić information content (AvgIpc) is 2.77. The van der Waals surface area contributed by atoms with Gasteiger partial charge in [-0.25, -0.2) is 4.79 Å². The number of hydrogen-bond acceptors (Lipinski definition) is 5. The number of fused-ring (bicyclic) bond motifs is 1. The van der Waals surface area contributed by atoms with Gasteiger partial charge >= 0.3 is 11.9 Å². The third kappa shape index (κ3) is 1.67. The lowest BCUT2D eigenvalue weighted by Crippen LogP contribution is -2.47. The molecule has 2 saturated heterocycles. The van der Waals surface area contributed by atoms with Gasteiger partial charge in [-0.05, 0) is 6.42 Å². The minimum Gasteiger partial charge on any atom is -0.467 e. The van der Waals surface area contributed by atoms with Crippen LogP contribution in [0.4, 0.5) is 0 Å². The Balaban J connectivity index is 2.19.